The minimum atomic E-state index is 0.141. The number of rotatable bonds is 8. The SMILES string of the molecule is Cn1cc(CNCC(CO)Cc2ccccn2)c(-c2ccccc2)n1. The van der Waals surface area contributed by atoms with Crippen molar-refractivity contribution < 1.29 is 5.11 Å². The second-order valence-corrected chi connectivity index (χ2v) is 6.25. The summed E-state index contributed by atoms with van der Waals surface area (Å²) in [4.78, 5) is 4.34. The Morgan fingerprint density at radius 2 is 1.92 bits per heavy atom. The lowest BCUT2D eigenvalue weighted by molar-refractivity contribution is 0.220. The van der Waals surface area contributed by atoms with Crippen LogP contribution in [0.4, 0.5) is 0 Å². The molecular formula is C20H24N4O. The van der Waals surface area contributed by atoms with Gasteiger partial charge in [0.25, 0.3) is 0 Å². The summed E-state index contributed by atoms with van der Waals surface area (Å²) in [5.41, 5.74) is 4.28. The van der Waals surface area contributed by atoms with Gasteiger partial charge in [0, 0.05) is 56.0 Å². The van der Waals surface area contributed by atoms with E-state index in [1.54, 1.807) is 6.20 Å². The highest BCUT2D eigenvalue weighted by Crippen LogP contribution is 2.21. The Labute approximate surface area is 148 Å². The van der Waals surface area contributed by atoms with Gasteiger partial charge in [0.2, 0.25) is 0 Å². The molecule has 0 aliphatic carbocycles. The van der Waals surface area contributed by atoms with Crippen LogP contribution in [0.5, 0.6) is 0 Å². The fraction of sp³-hybridized carbons (Fsp3) is 0.300. The van der Waals surface area contributed by atoms with Gasteiger partial charge in [-0.2, -0.15) is 5.10 Å². The first-order chi connectivity index (χ1) is 12.3. The molecule has 3 rings (SSSR count). The highest BCUT2D eigenvalue weighted by atomic mass is 16.3. The molecule has 1 unspecified atom stereocenters. The Bertz CT molecular complexity index is 771. The van der Waals surface area contributed by atoms with Crippen LogP contribution in [0.1, 0.15) is 11.3 Å². The molecule has 2 heterocycles. The summed E-state index contributed by atoms with van der Waals surface area (Å²) in [6.45, 7) is 1.59. The summed E-state index contributed by atoms with van der Waals surface area (Å²) in [6.07, 6.45) is 4.60. The topological polar surface area (TPSA) is 63.0 Å². The summed E-state index contributed by atoms with van der Waals surface area (Å²) in [5.74, 6) is 0.145. The van der Waals surface area contributed by atoms with Crippen molar-refractivity contribution in [2.45, 2.75) is 13.0 Å². The van der Waals surface area contributed by atoms with E-state index in [9.17, 15) is 5.11 Å². The second kappa shape index (κ2) is 8.55. The van der Waals surface area contributed by atoms with E-state index < -0.39 is 0 Å². The Hall–Kier alpha value is -2.50. The number of aliphatic hydroxyl groups excluding tert-OH is 1. The number of nitrogens with one attached hydrogen (secondary N) is 1. The third-order valence-corrected chi connectivity index (χ3v) is 4.18. The van der Waals surface area contributed by atoms with Gasteiger partial charge in [0.05, 0.1) is 5.69 Å². The normalized spacial score (nSPS) is 12.2. The highest BCUT2D eigenvalue weighted by Gasteiger charge is 2.12. The molecule has 1 atom stereocenters. The number of hydrogen-bond donors (Lipinski definition) is 2. The van der Waals surface area contributed by atoms with E-state index in [1.165, 1.54) is 0 Å². The molecule has 130 valence electrons. The second-order valence-electron chi connectivity index (χ2n) is 6.25. The van der Waals surface area contributed by atoms with E-state index in [2.05, 4.69) is 27.5 Å². The molecule has 2 N–H and O–H groups in total. The lowest BCUT2D eigenvalue weighted by atomic mass is 10.0. The number of hydrogen-bond acceptors (Lipinski definition) is 4. The molecule has 1 aromatic carbocycles. The molecule has 2 aromatic heterocycles. The van der Waals surface area contributed by atoms with Crippen LogP contribution in [0.15, 0.2) is 60.9 Å². The predicted octanol–water partition coefficient (Wildman–Crippen LogP) is 2.42. The minimum Gasteiger partial charge on any atom is -0.396 e. The summed E-state index contributed by atoms with van der Waals surface area (Å²) in [6, 6.07) is 16.1. The molecule has 0 radical (unpaired) electrons. The number of aromatic nitrogens is 3. The average Bonchev–Trinajstić information content (AvgIpc) is 3.03. The molecule has 25 heavy (non-hydrogen) atoms. The van der Waals surface area contributed by atoms with Crippen LogP contribution >= 0.6 is 0 Å². The standard InChI is InChI=1S/C20H24N4O/c1-24-14-18(20(23-24)17-7-3-2-4-8-17)13-21-12-16(15-25)11-19-9-5-6-10-22-19/h2-10,14,16,21,25H,11-13,15H2,1H3. The maximum Gasteiger partial charge on any atom is 0.0967 e. The van der Waals surface area contributed by atoms with Gasteiger partial charge in [-0.05, 0) is 24.5 Å². The van der Waals surface area contributed by atoms with E-state index in [0.717, 1.165) is 42.0 Å². The van der Waals surface area contributed by atoms with Gasteiger partial charge in [-0.3, -0.25) is 9.67 Å². The maximum absolute atomic E-state index is 9.64. The zero-order valence-corrected chi connectivity index (χ0v) is 14.5. The third kappa shape index (κ3) is 4.75. The Balaban J connectivity index is 1.60. The number of pyridine rings is 1. The van der Waals surface area contributed by atoms with E-state index in [0.29, 0.717) is 0 Å². The van der Waals surface area contributed by atoms with Crippen LogP contribution in [0, 0.1) is 5.92 Å². The van der Waals surface area contributed by atoms with Crippen molar-refractivity contribution in [3.8, 4) is 11.3 Å². The van der Waals surface area contributed by atoms with Crippen molar-refractivity contribution in [3.05, 3.63) is 72.2 Å². The summed E-state index contributed by atoms with van der Waals surface area (Å²) >= 11 is 0. The van der Waals surface area contributed by atoms with Gasteiger partial charge in [0.15, 0.2) is 0 Å². The molecule has 0 bridgehead atoms. The molecule has 0 amide bonds. The fourth-order valence-corrected chi connectivity index (χ4v) is 2.93. The first-order valence-electron chi connectivity index (χ1n) is 8.55. The zero-order valence-electron chi connectivity index (χ0n) is 14.5. The van der Waals surface area contributed by atoms with Crippen LogP contribution in [-0.4, -0.2) is 33.0 Å². The van der Waals surface area contributed by atoms with Crippen molar-refractivity contribution >= 4 is 0 Å². The van der Waals surface area contributed by atoms with Gasteiger partial charge < -0.3 is 10.4 Å². The minimum absolute atomic E-state index is 0.141. The van der Waals surface area contributed by atoms with Crippen molar-refractivity contribution in [2.24, 2.45) is 13.0 Å². The van der Waals surface area contributed by atoms with Crippen molar-refractivity contribution in [2.75, 3.05) is 13.2 Å². The van der Waals surface area contributed by atoms with Crippen molar-refractivity contribution in [1.29, 1.82) is 0 Å². The molecule has 3 aromatic rings. The molecule has 5 heteroatoms. The molecule has 0 saturated heterocycles. The van der Waals surface area contributed by atoms with Crippen LogP contribution in [-0.2, 0) is 20.0 Å². The maximum atomic E-state index is 9.64. The van der Waals surface area contributed by atoms with Gasteiger partial charge in [-0.1, -0.05) is 36.4 Å². The Morgan fingerprint density at radius 1 is 1.12 bits per heavy atom. The number of aryl methyl sites for hydroxylation is 1. The van der Waals surface area contributed by atoms with Crippen LogP contribution in [0.25, 0.3) is 11.3 Å². The van der Waals surface area contributed by atoms with E-state index in [4.69, 9.17) is 0 Å². The first-order valence-corrected chi connectivity index (χ1v) is 8.55. The summed E-state index contributed by atoms with van der Waals surface area (Å²) < 4.78 is 1.84. The highest BCUT2D eigenvalue weighted by molar-refractivity contribution is 5.62. The fourth-order valence-electron chi connectivity index (χ4n) is 2.93. The summed E-state index contributed by atoms with van der Waals surface area (Å²) in [7, 11) is 1.94. The van der Waals surface area contributed by atoms with Gasteiger partial charge in [-0.25, -0.2) is 0 Å². The zero-order chi connectivity index (χ0) is 17.5. The third-order valence-electron chi connectivity index (χ3n) is 4.18. The monoisotopic (exact) mass is 336 g/mol. The molecule has 0 spiro atoms. The van der Waals surface area contributed by atoms with Gasteiger partial charge in [-0.15, -0.1) is 0 Å². The van der Waals surface area contributed by atoms with Crippen LogP contribution in [0.3, 0.4) is 0 Å². The van der Waals surface area contributed by atoms with Crippen LogP contribution < -0.4 is 5.32 Å². The number of benzene rings is 1. The number of aliphatic hydroxyl groups is 1. The first kappa shape index (κ1) is 17.3. The van der Waals surface area contributed by atoms with E-state index in [1.807, 2.05) is 54.3 Å². The van der Waals surface area contributed by atoms with Crippen LogP contribution in [0.2, 0.25) is 0 Å². The molecular weight excluding hydrogens is 312 g/mol. The quantitative estimate of drug-likeness (QED) is 0.663. The Morgan fingerprint density at radius 3 is 2.64 bits per heavy atom. The molecule has 0 fully saturated rings. The lowest BCUT2D eigenvalue weighted by Crippen LogP contribution is -2.26. The van der Waals surface area contributed by atoms with Gasteiger partial charge in [0.1, 0.15) is 0 Å². The number of nitrogens with zero attached hydrogens (tertiary/aromatic N) is 3. The molecule has 5 nitrogen and oxygen atoms in total. The lowest BCUT2D eigenvalue weighted by Gasteiger charge is -2.14. The predicted molar refractivity (Wildman–Crippen MR) is 98.9 cm³/mol. The van der Waals surface area contributed by atoms with Gasteiger partial charge >= 0.3 is 0 Å². The summed E-state index contributed by atoms with van der Waals surface area (Å²) in [5, 5.41) is 17.7. The van der Waals surface area contributed by atoms with Crippen molar-refractivity contribution in [3.63, 3.8) is 0 Å². The molecule has 0 saturated carbocycles. The molecule has 0 aliphatic heterocycles. The largest absolute Gasteiger partial charge is 0.396 e. The van der Waals surface area contributed by atoms with Crippen molar-refractivity contribution in [1.82, 2.24) is 20.1 Å². The van der Waals surface area contributed by atoms with E-state index >= 15 is 0 Å². The smallest absolute Gasteiger partial charge is 0.0967 e. The average molecular weight is 336 g/mol. The Kier molecular flexibility index (Phi) is 5.93. The molecule has 0 aliphatic rings. The van der Waals surface area contributed by atoms with E-state index in [-0.39, 0.29) is 12.5 Å².